The van der Waals surface area contributed by atoms with Crippen LogP contribution in [0.2, 0.25) is 0 Å². The molecule has 0 saturated heterocycles. The van der Waals surface area contributed by atoms with Crippen LogP contribution in [-0.2, 0) is 13.0 Å². The zero-order valence-corrected chi connectivity index (χ0v) is 7.30. The molecule has 0 aromatic carbocycles. The molecule has 0 bridgehead atoms. The third kappa shape index (κ3) is 3.48. The van der Waals surface area contributed by atoms with Crippen LogP contribution in [0, 0.1) is 0 Å². The summed E-state index contributed by atoms with van der Waals surface area (Å²) in [5, 5.41) is 3.62. The molecule has 1 heterocycles. The van der Waals surface area contributed by atoms with E-state index in [1.165, 1.54) is 12.4 Å². The fourth-order valence-corrected chi connectivity index (χ4v) is 1.09. The van der Waals surface area contributed by atoms with Crippen LogP contribution in [0.25, 0.3) is 0 Å². The first-order valence-corrected chi connectivity index (χ1v) is 4.09. The Morgan fingerprint density at radius 3 is 2.69 bits per heavy atom. The maximum absolute atomic E-state index is 11.9. The summed E-state index contributed by atoms with van der Waals surface area (Å²) in [6.45, 7) is 0.970. The van der Waals surface area contributed by atoms with Crippen LogP contribution in [-0.4, -0.2) is 16.0 Å². The van der Waals surface area contributed by atoms with Crippen molar-refractivity contribution >= 4 is 0 Å². The molecule has 13 heavy (non-hydrogen) atoms. The van der Waals surface area contributed by atoms with Crippen molar-refractivity contribution in [2.45, 2.75) is 32.5 Å². The second-order valence-corrected chi connectivity index (χ2v) is 2.91. The number of rotatable bonds is 3. The van der Waals surface area contributed by atoms with Crippen LogP contribution in [0.5, 0.6) is 0 Å². The van der Waals surface area contributed by atoms with Crippen LogP contribution in [0.1, 0.15) is 18.9 Å². The molecule has 0 saturated carbocycles. The van der Waals surface area contributed by atoms with E-state index in [0.717, 1.165) is 23.1 Å². The van der Waals surface area contributed by atoms with Gasteiger partial charge in [0.05, 0.1) is 6.20 Å². The lowest BCUT2D eigenvalue weighted by Gasteiger charge is -2.04. The predicted molar refractivity (Wildman–Crippen MR) is 42.3 cm³/mol. The molecule has 0 aliphatic carbocycles. The molecule has 0 amide bonds. The van der Waals surface area contributed by atoms with E-state index in [4.69, 9.17) is 0 Å². The Hall–Kier alpha value is -1.00. The average Bonchev–Trinajstić information content (AvgIpc) is 2.33. The number of aromatic nitrogens is 2. The molecular weight excluding hydrogens is 181 g/mol. The summed E-state index contributed by atoms with van der Waals surface area (Å²) >= 11 is 0. The van der Waals surface area contributed by atoms with E-state index in [-0.39, 0.29) is 0 Å². The van der Waals surface area contributed by atoms with E-state index in [1.54, 1.807) is 0 Å². The van der Waals surface area contributed by atoms with Crippen LogP contribution >= 0.6 is 0 Å². The summed E-state index contributed by atoms with van der Waals surface area (Å²) < 4.78 is 36.5. The van der Waals surface area contributed by atoms with Crippen molar-refractivity contribution in [3.8, 4) is 0 Å². The summed E-state index contributed by atoms with van der Waals surface area (Å²) in [6.07, 6.45) is 0.428. The third-order valence-electron chi connectivity index (χ3n) is 1.57. The minimum Gasteiger partial charge on any atom is -0.263 e. The second kappa shape index (κ2) is 3.81. The lowest BCUT2D eigenvalue weighted by Crippen LogP contribution is -2.17. The quantitative estimate of drug-likeness (QED) is 0.719. The van der Waals surface area contributed by atoms with Gasteiger partial charge in [-0.05, 0) is 12.0 Å². The van der Waals surface area contributed by atoms with E-state index in [2.05, 4.69) is 5.10 Å². The summed E-state index contributed by atoms with van der Waals surface area (Å²) in [5.41, 5.74) is 0.853. The number of nitrogens with zero attached hydrogens (tertiary/aromatic N) is 2. The molecule has 0 radical (unpaired) electrons. The van der Waals surface area contributed by atoms with Gasteiger partial charge in [0.25, 0.3) is 0 Å². The molecule has 1 aromatic rings. The molecule has 0 aliphatic rings. The highest BCUT2D eigenvalue weighted by molar-refractivity contribution is 5.03. The summed E-state index contributed by atoms with van der Waals surface area (Å²) in [4.78, 5) is 0. The number of alkyl halides is 3. The van der Waals surface area contributed by atoms with Gasteiger partial charge in [-0.2, -0.15) is 18.3 Å². The first-order chi connectivity index (χ1) is 6.01. The molecule has 1 rings (SSSR count). The lowest BCUT2D eigenvalue weighted by molar-refractivity contribution is -0.142. The standard InChI is InChI=1S/C8H11F3N2/c1-2-3-7-4-12-13(5-7)6-8(9,10)11/h4-5H,2-3,6H2,1H3. The fraction of sp³-hybridized carbons (Fsp3) is 0.625. The van der Waals surface area contributed by atoms with Crippen LogP contribution in [0.15, 0.2) is 12.4 Å². The molecule has 0 fully saturated rings. The maximum Gasteiger partial charge on any atom is 0.408 e. The highest BCUT2D eigenvalue weighted by Gasteiger charge is 2.28. The highest BCUT2D eigenvalue weighted by atomic mass is 19.4. The first kappa shape index (κ1) is 10.1. The normalized spacial score (nSPS) is 12.0. The summed E-state index contributed by atoms with van der Waals surface area (Å²) in [6, 6.07) is 0. The van der Waals surface area contributed by atoms with Crippen molar-refractivity contribution in [1.29, 1.82) is 0 Å². The van der Waals surface area contributed by atoms with Gasteiger partial charge in [0, 0.05) is 6.20 Å². The van der Waals surface area contributed by atoms with Gasteiger partial charge < -0.3 is 0 Å². The van der Waals surface area contributed by atoms with Gasteiger partial charge in [0.1, 0.15) is 6.54 Å². The number of aryl methyl sites for hydroxylation is 1. The van der Waals surface area contributed by atoms with Crippen molar-refractivity contribution in [3.05, 3.63) is 18.0 Å². The third-order valence-corrected chi connectivity index (χ3v) is 1.57. The minimum absolute atomic E-state index is 0.776. The van der Waals surface area contributed by atoms with Crippen LogP contribution < -0.4 is 0 Å². The summed E-state index contributed by atoms with van der Waals surface area (Å²) in [7, 11) is 0. The predicted octanol–water partition coefficient (Wildman–Crippen LogP) is 2.40. The number of hydrogen-bond donors (Lipinski definition) is 0. The van der Waals surface area contributed by atoms with Gasteiger partial charge in [0.15, 0.2) is 0 Å². The van der Waals surface area contributed by atoms with Crippen molar-refractivity contribution in [3.63, 3.8) is 0 Å². The zero-order chi connectivity index (χ0) is 9.90. The van der Waals surface area contributed by atoms with Crippen LogP contribution in [0.3, 0.4) is 0 Å². The molecule has 5 heteroatoms. The molecule has 74 valence electrons. The Balaban J connectivity index is 2.59. The Bertz CT molecular complexity index is 265. The number of halogens is 3. The monoisotopic (exact) mass is 192 g/mol. The molecule has 0 spiro atoms. The average molecular weight is 192 g/mol. The Morgan fingerprint density at radius 2 is 2.15 bits per heavy atom. The summed E-state index contributed by atoms with van der Waals surface area (Å²) in [5.74, 6) is 0. The molecular formula is C8H11F3N2. The van der Waals surface area contributed by atoms with E-state index < -0.39 is 12.7 Å². The minimum atomic E-state index is -4.19. The van der Waals surface area contributed by atoms with Gasteiger partial charge in [0.2, 0.25) is 0 Å². The first-order valence-electron chi connectivity index (χ1n) is 4.09. The largest absolute Gasteiger partial charge is 0.408 e. The van der Waals surface area contributed by atoms with Gasteiger partial charge in [-0.3, -0.25) is 4.68 Å². The molecule has 0 unspecified atom stereocenters. The smallest absolute Gasteiger partial charge is 0.263 e. The topological polar surface area (TPSA) is 17.8 Å². The Morgan fingerprint density at radius 1 is 1.46 bits per heavy atom. The highest BCUT2D eigenvalue weighted by Crippen LogP contribution is 2.17. The van der Waals surface area contributed by atoms with Crippen molar-refractivity contribution in [2.24, 2.45) is 0 Å². The molecule has 2 nitrogen and oxygen atoms in total. The maximum atomic E-state index is 11.9. The van der Waals surface area contributed by atoms with Crippen molar-refractivity contribution < 1.29 is 13.2 Å². The van der Waals surface area contributed by atoms with Crippen LogP contribution in [0.4, 0.5) is 13.2 Å². The Kier molecular flexibility index (Phi) is 2.95. The second-order valence-electron chi connectivity index (χ2n) is 2.91. The van der Waals surface area contributed by atoms with Gasteiger partial charge in [-0.15, -0.1) is 0 Å². The van der Waals surface area contributed by atoms with Crippen molar-refractivity contribution in [2.75, 3.05) is 0 Å². The van der Waals surface area contributed by atoms with E-state index >= 15 is 0 Å². The molecule has 0 atom stereocenters. The van der Waals surface area contributed by atoms with Gasteiger partial charge in [-0.25, -0.2) is 0 Å². The SMILES string of the molecule is CCCc1cnn(CC(F)(F)F)c1. The lowest BCUT2D eigenvalue weighted by atomic mass is 10.2. The van der Waals surface area contributed by atoms with E-state index in [1.807, 2.05) is 6.92 Å². The van der Waals surface area contributed by atoms with Gasteiger partial charge in [-0.1, -0.05) is 13.3 Å². The van der Waals surface area contributed by atoms with E-state index in [9.17, 15) is 13.2 Å². The molecule has 0 aliphatic heterocycles. The molecule has 0 N–H and O–H groups in total. The van der Waals surface area contributed by atoms with Crippen molar-refractivity contribution in [1.82, 2.24) is 9.78 Å². The Labute approximate surface area is 74.4 Å². The number of hydrogen-bond acceptors (Lipinski definition) is 1. The van der Waals surface area contributed by atoms with Gasteiger partial charge >= 0.3 is 6.18 Å². The zero-order valence-electron chi connectivity index (χ0n) is 7.30. The van der Waals surface area contributed by atoms with E-state index in [0.29, 0.717) is 0 Å². The molecule has 1 aromatic heterocycles. The fourth-order valence-electron chi connectivity index (χ4n) is 1.09.